The van der Waals surface area contributed by atoms with Crippen molar-refractivity contribution in [3.63, 3.8) is 0 Å². The number of hydrogen-bond donors (Lipinski definition) is 1. The first-order valence-electron chi connectivity index (χ1n) is 12.5. The minimum Gasteiger partial charge on any atom is -0.456 e. The molecule has 1 aliphatic heterocycles. The number of aromatic nitrogens is 3. The van der Waals surface area contributed by atoms with Gasteiger partial charge in [0.25, 0.3) is 0 Å². The molecule has 6 nitrogen and oxygen atoms in total. The fourth-order valence-electron chi connectivity index (χ4n) is 6.73. The molecular formula is C29H25F2N3O3. The Morgan fingerprint density at radius 2 is 1.70 bits per heavy atom. The van der Waals surface area contributed by atoms with Gasteiger partial charge in [0.15, 0.2) is 11.4 Å². The van der Waals surface area contributed by atoms with Gasteiger partial charge in [-0.3, -0.25) is 0 Å². The molecule has 4 heterocycles. The second kappa shape index (κ2) is 7.52. The van der Waals surface area contributed by atoms with Crippen LogP contribution in [-0.4, -0.2) is 33.5 Å². The van der Waals surface area contributed by atoms with Crippen LogP contribution in [0.3, 0.4) is 0 Å². The largest absolute Gasteiger partial charge is 0.456 e. The van der Waals surface area contributed by atoms with Crippen molar-refractivity contribution in [1.29, 1.82) is 0 Å². The highest BCUT2D eigenvalue weighted by atomic mass is 19.1. The maximum atomic E-state index is 14.5. The summed E-state index contributed by atoms with van der Waals surface area (Å²) in [6.07, 6.45) is 1.76. The standard InChI is InChI=1S/C29H25F2N3O3/c1-27(2)17-11-12-29(27,26-16(17)13-21(33-34-26)25-18(30)5-3-6-19(25)31)23-8-4-7-20(32-23)22-9-10-24(37-22)28(35)14-36-15-28/h3-10,13,17,35H,11-12,14-15H2,1-2H3/t17-,29+/m0/s1. The summed E-state index contributed by atoms with van der Waals surface area (Å²) in [5.74, 6) is -0.130. The van der Waals surface area contributed by atoms with Gasteiger partial charge in [-0.25, -0.2) is 13.8 Å². The van der Waals surface area contributed by atoms with Crippen molar-refractivity contribution in [2.45, 2.75) is 43.6 Å². The molecule has 1 saturated carbocycles. The molecule has 0 amide bonds. The Labute approximate surface area is 212 Å². The molecule has 8 heteroatoms. The molecule has 37 heavy (non-hydrogen) atoms. The van der Waals surface area contributed by atoms with E-state index in [0.29, 0.717) is 17.2 Å². The van der Waals surface area contributed by atoms with Gasteiger partial charge in [-0.05, 0) is 72.2 Å². The lowest BCUT2D eigenvalue weighted by atomic mass is 9.66. The Bertz CT molecular complexity index is 1540. The van der Waals surface area contributed by atoms with E-state index in [1.54, 1.807) is 12.1 Å². The molecule has 0 unspecified atom stereocenters. The summed E-state index contributed by atoms with van der Waals surface area (Å²) in [5, 5.41) is 19.5. The number of ether oxygens (including phenoxy) is 1. The second-order valence-electron chi connectivity index (χ2n) is 10.9. The Morgan fingerprint density at radius 3 is 2.43 bits per heavy atom. The first kappa shape index (κ1) is 22.7. The summed E-state index contributed by atoms with van der Waals surface area (Å²) >= 11 is 0. The van der Waals surface area contributed by atoms with E-state index >= 15 is 0 Å². The van der Waals surface area contributed by atoms with Gasteiger partial charge < -0.3 is 14.3 Å². The second-order valence-corrected chi connectivity index (χ2v) is 10.9. The number of pyridine rings is 1. The molecule has 2 bridgehead atoms. The minimum absolute atomic E-state index is 0.153. The van der Waals surface area contributed by atoms with Crippen molar-refractivity contribution in [2.75, 3.05) is 13.2 Å². The van der Waals surface area contributed by atoms with Crippen LogP contribution in [-0.2, 0) is 15.8 Å². The van der Waals surface area contributed by atoms with Gasteiger partial charge in [0.1, 0.15) is 23.1 Å². The van der Waals surface area contributed by atoms with Crippen molar-refractivity contribution in [1.82, 2.24) is 15.2 Å². The van der Waals surface area contributed by atoms with Gasteiger partial charge in [-0.2, -0.15) is 5.10 Å². The molecule has 1 aromatic carbocycles. The molecule has 2 aliphatic carbocycles. The van der Waals surface area contributed by atoms with E-state index in [9.17, 15) is 13.9 Å². The van der Waals surface area contributed by atoms with E-state index in [4.69, 9.17) is 14.1 Å². The molecular weight excluding hydrogens is 476 g/mol. The van der Waals surface area contributed by atoms with E-state index < -0.39 is 22.7 Å². The van der Waals surface area contributed by atoms with E-state index in [0.717, 1.165) is 29.8 Å². The topological polar surface area (TPSA) is 81.3 Å². The number of benzene rings is 1. The van der Waals surface area contributed by atoms with Gasteiger partial charge in [-0.15, -0.1) is 5.10 Å². The molecule has 3 aromatic heterocycles. The zero-order valence-corrected chi connectivity index (χ0v) is 20.5. The number of rotatable bonds is 4. The van der Waals surface area contributed by atoms with Crippen molar-refractivity contribution in [3.05, 3.63) is 88.9 Å². The molecule has 4 aromatic rings. The van der Waals surface area contributed by atoms with Gasteiger partial charge in [0.05, 0.1) is 41.3 Å². The lowest BCUT2D eigenvalue weighted by Gasteiger charge is -2.37. The monoisotopic (exact) mass is 501 g/mol. The average molecular weight is 502 g/mol. The molecule has 1 saturated heterocycles. The summed E-state index contributed by atoms with van der Waals surface area (Å²) in [6.45, 7) is 4.84. The van der Waals surface area contributed by atoms with E-state index in [-0.39, 0.29) is 35.8 Å². The van der Waals surface area contributed by atoms with Crippen LogP contribution in [0.4, 0.5) is 8.78 Å². The summed E-state index contributed by atoms with van der Waals surface area (Å²) in [6, 6.07) is 15.0. The SMILES string of the molecule is CC1(C)[C@H]2CC[C@@]1(c1cccc(-c3ccc(C4(O)COC4)o3)n1)c1nnc(-c3c(F)cccc3F)cc12. The van der Waals surface area contributed by atoms with Crippen molar-refractivity contribution in [2.24, 2.45) is 5.41 Å². The predicted molar refractivity (Wildman–Crippen MR) is 131 cm³/mol. The maximum Gasteiger partial charge on any atom is 0.168 e. The number of fused-ring (bicyclic) bond motifs is 5. The van der Waals surface area contributed by atoms with Crippen LogP contribution in [0.5, 0.6) is 0 Å². The summed E-state index contributed by atoms with van der Waals surface area (Å²) < 4.78 is 40.2. The van der Waals surface area contributed by atoms with Crippen LogP contribution >= 0.6 is 0 Å². The van der Waals surface area contributed by atoms with Crippen LogP contribution in [0.1, 0.15) is 55.3 Å². The Morgan fingerprint density at radius 1 is 0.946 bits per heavy atom. The Hall–Kier alpha value is -3.49. The number of nitrogens with zero attached hydrogens (tertiary/aromatic N) is 3. The third-order valence-electron chi connectivity index (χ3n) is 8.79. The molecule has 1 N–H and O–H groups in total. The Kier molecular flexibility index (Phi) is 4.61. The fraction of sp³-hybridized carbons (Fsp3) is 0.345. The lowest BCUT2D eigenvalue weighted by molar-refractivity contribution is -0.193. The van der Waals surface area contributed by atoms with Crippen LogP contribution in [0.2, 0.25) is 0 Å². The van der Waals surface area contributed by atoms with E-state index in [1.807, 2.05) is 24.3 Å². The first-order valence-corrected chi connectivity index (χ1v) is 12.5. The molecule has 188 valence electrons. The normalized spacial score (nSPS) is 24.6. The predicted octanol–water partition coefficient (Wildman–Crippen LogP) is 5.50. The van der Waals surface area contributed by atoms with Gasteiger partial charge >= 0.3 is 0 Å². The van der Waals surface area contributed by atoms with Crippen molar-refractivity contribution in [3.8, 4) is 22.7 Å². The quantitative estimate of drug-likeness (QED) is 0.398. The molecule has 0 radical (unpaired) electrons. The fourth-order valence-corrected chi connectivity index (χ4v) is 6.73. The van der Waals surface area contributed by atoms with Crippen molar-refractivity contribution >= 4 is 0 Å². The van der Waals surface area contributed by atoms with Gasteiger partial charge in [0.2, 0.25) is 0 Å². The summed E-state index contributed by atoms with van der Waals surface area (Å²) in [7, 11) is 0. The highest BCUT2D eigenvalue weighted by molar-refractivity contribution is 5.64. The first-order chi connectivity index (χ1) is 17.7. The lowest BCUT2D eigenvalue weighted by Crippen LogP contribution is -2.46. The van der Waals surface area contributed by atoms with Crippen LogP contribution in [0, 0.1) is 17.0 Å². The number of furan rings is 1. The van der Waals surface area contributed by atoms with Crippen LogP contribution in [0.15, 0.2) is 59.0 Å². The molecule has 0 spiro atoms. The summed E-state index contributed by atoms with van der Waals surface area (Å²) in [5.41, 5.74) is 1.53. The third kappa shape index (κ3) is 2.94. The smallest absolute Gasteiger partial charge is 0.168 e. The van der Waals surface area contributed by atoms with Crippen LogP contribution < -0.4 is 0 Å². The molecule has 2 fully saturated rings. The maximum absolute atomic E-state index is 14.5. The van der Waals surface area contributed by atoms with Gasteiger partial charge in [0, 0.05) is 0 Å². The van der Waals surface area contributed by atoms with Gasteiger partial charge in [-0.1, -0.05) is 26.0 Å². The number of halogens is 2. The zero-order chi connectivity index (χ0) is 25.6. The highest BCUT2D eigenvalue weighted by Gasteiger charge is 2.65. The number of aliphatic hydroxyl groups is 1. The third-order valence-corrected chi connectivity index (χ3v) is 8.79. The molecule has 3 aliphatic rings. The molecule has 7 rings (SSSR count). The Balaban J connectivity index is 1.33. The zero-order valence-electron chi connectivity index (χ0n) is 20.5. The van der Waals surface area contributed by atoms with Crippen LogP contribution in [0.25, 0.3) is 22.7 Å². The highest BCUT2D eigenvalue weighted by Crippen LogP contribution is 2.69. The molecule has 2 atom stereocenters. The average Bonchev–Trinajstić information content (AvgIpc) is 3.51. The van der Waals surface area contributed by atoms with E-state index in [1.165, 1.54) is 18.2 Å². The number of hydrogen-bond acceptors (Lipinski definition) is 6. The van der Waals surface area contributed by atoms with E-state index in [2.05, 4.69) is 24.0 Å². The van der Waals surface area contributed by atoms with Crippen molar-refractivity contribution < 1.29 is 23.0 Å². The summed E-state index contributed by atoms with van der Waals surface area (Å²) in [4.78, 5) is 5.04. The minimum atomic E-state index is -1.09.